The van der Waals surface area contributed by atoms with Crippen LogP contribution in [0, 0.1) is 0 Å². The minimum atomic E-state index is -1.52. The minimum absolute atomic E-state index is 0.0758. The van der Waals surface area contributed by atoms with Gasteiger partial charge in [0.25, 0.3) is 5.91 Å². The Kier molecular flexibility index (Phi) is 6.95. The normalized spacial score (nSPS) is 10.4. The second kappa shape index (κ2) is 8.80. The molecule has 0 unspecified atom stereocenters. The Morgan fingerprint density at radius 2 is 1.52 bits per heavy atom. The molecule has 0 saturated carbocycles. The lowest BCUT2D eigenvalue weighted by Crippen LogP contribution is -2.20. The van der Waals surface area contributed by atoms with Crippen LogP contribution in [0.5, 0.6) is 0 Å². The number of carbonyl (C=O) groups is 3. The molecule has 27 heavy (non-hydrogen) atoms. The third-order valence-electron chi connectivity index (χ3n) is 3.38. The van der Waals surface area contributed by atoms with Crippen LogP contribution >= 0.6 is 46.4 Å². The Morgan fingerprint density at radius 3 is 2.07 bits per heavy atom. The molecule has 0 heterocycles. The van der Waals surface area contributed by atoms with Crippen molar-refractivity contribution in [2.45, 2.75) is 6.92 Å². The highest BCUT2D eigenvalue weighted by atomic mass is 35.5. The van der Waals surface area contributed by atoms with Crippen LogP contribution in [0.15, 0.2) is 24.3 Å². The largest absolute Gasteiger partial charge is 0.478 e. The van der Waals surface area contributed by atoms with Gasteiger partial charge in [0, 0.05) is 0 Å². The zero-order chi connectivity index (χ0) is 20.3. The molecule has 1 amide bonds. The number of hydrogen-bond acceptors (Lipinski definition) is 4. The van der Waals surface area contributed by atoms with E-state index in [9.17, 15) is 19.5 Å². The van der Waals surface area contributed by atoms with Crippen molar-refractivity contribution in [3.05, 3.63) is 61.0 Å². The van der Waals surface area contributed by atoms with Crippen LogP contribution in [-0.4, -0.2) is 29.6 Å². The van der Waals surface area contributed by atoms with Gasteiger partial charge >= 0.3 is 11.9 Å². The second-order valence-electron chi connectivity index (χ2n) is 5.03. The highest BCUT2D eigenvalue weighted by Gasteiger charge is 2.29. The number of hydrogen-bond donors (Lipinski definition) is 2. The lowest BCUT2D eigenvalue weighted by atomic mass is 10.1. The first kappa shape index (κ1) is 21.3. The number of carbonyl (C=O) groups excluding carboxylic acids is 2. The number of rotatable bonds is 5. The fourth-order valence-corrected chi connectivity index (χ4v) is 3.23. The highest BCUT2D eigenvalue weighted by Crippen LogP contribution is 2.41. The van der Waals surface area contributed by atoms with Crippen LogP contribution in [0.1, 0.15) is 38.0 Å². The number of benzene rings is 2. The van der Waals surface area contributed by atoms with Crippen LogP contribution in [0.25, 0.3) is 0 Å². The number of anilines is 1. The number of para-hydroxylation sites is 1. The average molecular weight is 451 g/mol. The number of ether oxygens (including phenoxy) is 1. The van der Waals surface area contributed by atoms with Gasteiger partial charge in [-0.05, 0) is 19.1 Å². The van der Waals surface area contributed by atoms with Gasteiger partial charge in [-0.3, -0.25) is 4.79 Å². The van der Waals surface area contributed by atoms with Crippen LogP contribution < -0.4 is 5.32 Å². The predicted molar refractivity (Wildman–Crippen MR) is 104 cm³/mol. The molecular weight excluding hydrogens is 440 g/mol. The number of amides is 1. The van der Waals surface area contributed by atoms with E-state index >= 15 is 0 Å². The lowest BCUT2D eigenvalue weighted by molar-refractivity contribution is 0.0527. The third kappa shape index (κ3) is 4.30. The maximum Gasteiger partial charge on any atom is 0.340 e. The number of esters is 1. The fourth-order valence-electron chi connectivity index (χ4n) is 2.21. The molecule has 2 rings (SSSR count). The van der Waals surface area contributed by atoms with E-state index in [-0.39, 0.29) is 32.9 Å². The topological polar surface area (TPSA) is 92.7 Å². The van der Waals surface area contributed by atoms with Gasteiger partial charge in [-0.15, -0.1) is 0 Å². The summed E-state index contributed by atoms with van der Waals surface area (Å²) in [7, 11) is 0. The van der Waals surface area contributed by atoms with E-state index in [0.717, 1.165) is 0 Å². The first-order chi connectivity index (χ1) is 12.7. The molecule has 2 N–H and O–H groups in total. The third-order valence-corrected chi connectivity index (χ3v) is 5.18. The van der Waals surface area contributed by atoms with Gasteiger partial charge in [0.2, 0.25) is 0 Å². The SMILES string of the molecule is CCOC(=O)c1ccccc1NC(=O)c1c(Cl)c(Cl)c(Cl)c(Cl)c1C(=O)O. The van der Waals surface area contributed by atoms with Crippen molar-refractivity contribution in [2.24, 2.45) is 0 Å². The quantitative estimate of drug-likeness (QED) is 0.360. The molecule has 0 saturated heterocycles. The van der Waals surface area contributed by atoms with E-state index in [1.165, 1.54) is 12.1 Å². The predicted octanol–water partition coefficient (Wildman–Crippen LogP) is 5.43. The summed E-state index contributed by atoms with van der Waals surface area (Å²) in [6, 6.07) is 6.03. The van der Waals surface area contributed by atoms with E-state index in [1.54, 1.807) is 19.1 Å². The van der Waals surface area contributed by atoms with E-state index in [2.05, 4.69) is 5.32 Å². The van der Waals surface area contributed by atoms with Crippen molar-refractivity contribution < 1.29 is 24.2 Å². The monoisotopic (exact) mass is 449 g/mol. The summed E-state index contributed by atoms with van der Waals surface area (Å²) in [6.45, 7) is 1.77. The summed E-state index contributed by atoms with van der Waals surface area (Å²) in [6.07, 6.45) is 0. The molecule has 2 aromatic carbocycles. The maximum absolute atomic E-state index is 12.7. The fraction of sp³-hybridized carbons (Fsp3) is 0.118. The first-order valence-electron chi connectivity index (χ1n) is 7.37. The summed E-state index contributed by atoms with van der Waals surface area (Å²) in [5.74, 6) is -3.12. The zero-order valence-electron chi connectivity index (χ0n) is 13.6. The van der Waals surface area contributed by atoms with E-state index in [4.69, 9.17) is 51.1 Å². The van der Waals surface area contributed by atoms with Crippen molar-refractivity contribution >= 4 is 69.9 Å². The lowest BCUT2D eigenvalue weighted by Gasteiger charge is -2.15. The molecule has 10 heteroatoms. The van der Waals surface area contributed by atoms with Gasteiger partial charge in [0.15, 0.2) is 0 Å². The summed E-state index contributed by atoms with van der Waals surface area (Å²) in [5.41, 5.74) is -0.924. The molecule has 0 fully saturated rings. The molecule has 0 atom stereocenters. The van der Waals surface area contributed by atoms with Gasteiger partial charge in [-0.1, -0.05) is 58.5 Å². The molecule has 142 valence electrons. The number of nitrogens with one attached hydrogen (secondary N) is 1. The molecule has 0 bridgehead atoms. The Hall–Kier alpha value is -1.99. The van der Waals surface area contributed by atoms with Crippen molar-refractivity contribution in [1.82, 2.24) is 0 Å². The molecule has 6 nitrogen and oxygen atoms in total. The van der Waals surface area contributed by atoms with E-state index < -0.39 is 34.0 Å². The summed E-state index contributed by atoms with van der Waals surface area (Å²) < 4.78 is 4.93. The van der Waals surface area contributed by atoms with Crippen molar-refractivity contribution in [3.8, 4) is 0 Å². The van der Waals surface area contributed by atoms with Crippen molar-refractivity contribution in [1.29, 1.82) is 0 Å². The molecular formula is C17H11Cl4NO5. The number of halogens is 4. The Labute approximate surface area is 173 Å². The van der Waals surface area contributed by atoms with Crippen LogP contribution in [0.2, 0.25) is 20.1 Å². The maximum atomic E-state index is 12.7. The molecule has 0 spiro atoms. The number of carboxylic acids is 1. The molecule has 0 aliphatic heterocycles. The van der Waals surface area contributed by atoms with Crippen molar-refractivity contribution in [2.75, 3.05) is 11.9 Å². The molecule has 0 aliphatic rings. The summed E-state index contributed by atoms with van der Waals surface area (Å²) in [4.78, 5) is 36.3. The first-order valence-corrected chi connectivity index (χ1v) is 8.88. The van der Waals surface area contributed by atoms with Crippen molar-refractivity contribution in [3.63, 3.8) is 0 Å². The summed E-state index contributed by atoms with van der Waals surface area (Å²) in [5, 5.41) is 10.5. The molecule has 2 aromatic rings. The van der Waals surface area contributed by atoms with Gasteiger partial charge in [-0.2, -0.15) is 0 Å². The van der Waals surface area contributed by atoms with Gasteiger partial charge in [0.1, 0.15) is 0 Å². The zero-order valence-corrected chi connectivity index (χ0v) is 16.6. The number of aromatic carboxylic acids is 1. The number of carboxylic acid groups (broad SMARTS) is 1. The van der Waals surface area contributed by atoms with Crippen LogP contribution in [0.3, 0.4) is 0 Å². The van der Waals surface area contributed by atoms with Gasteiger partial charge in [0.05, 0.1) is 49.1 Å². The molecule has 0 aromatic heterocycles. The van der Waals surface area contributed by atoms with E-state index in [0.29, 0.717) is 0 Å². The summed E-state index contributed by atoms with van der Waals surface area (Å²) >= 11 is 23.8. The minimum Gasteiger partial charge on any atom is -0.478 e. The highest BCUT2D eigenvalue weighted by molar-refractivity contribution is 6.54. The Bertz CT molecular complexity index is 945. The van der Waals surface area contributed by atoms with Crippen LogP contribution in [-0.2, 0) is 4.74 Å². The molecule has 0 radical (unpaired) electrons. The van der Waals surface area contributed by atoms with Crippen LogP contribution in [0.4, 0.5) is 5.69 Å². The van der Waals surface area contributed by atoms with Gasteiger partial charge < -0.3 is 15.2 Å². The Morgan fingerprint density at radius 1 is 0.963 bits per heavy atom. The van der Waals surface area contributed by atoms with Gasteiger partial charge in [-0.25, -0.2) is 9.59 Å². The second-order valence-corrected chi connectivity index (χ2v) is 6.54. The smallest absolute Gasteiger partial charge is 0.340 e. The standard InChI is InChI=1S/C17H11Cl4NO5/c1-2-27-17(26)7-5-3-4-6-8(7)22-15(23)9-10(16(24)25)12(19)14(21)13(20)11(9)18/h3-6H,2H2,1H3,(H,22,23)(H,24,25). The average Bonchev–Trinajstić information content (AvgIpc) is 2.62. The van der Waals surface area contributed by atoms with E-state index in [1.807, 2.05) is 0 Å². The molecule has 0 aliphatic carbocycles. The Balaban J connectivity index is 2.56.